The summed E-state index contributed by atoms with van der Waals surface area (Å²) in [6.07, 6.45) is 1.57. The van der Waals surface area contributed by atoms with Gasteiger partial charge in [-0.2, -0.15) is 0 Å². The first-order valence-electron chi connectivity index (χ1n) is 5.98. The van der Waals surface area contributed by atoms with Gasteiger partial charge in [0, 0.05) is 26.4 Å². The Bertz CT molecular complexity index is 594. The fraction of sp³-hybridized carbons (Fsp3) is 0.200. The zero-order valence-corrected chi connectivity index (χ0v) is 11.3. The molecular weight excluding hydrogens is 240 g/mol. The van der Waals surface area contributed by atoms with Crippen LogP contribution in [-0.4, -0.2) is 29.9 Å². The lowest BCUT2D eigenvalue weighted by Gasteiger charge is -2.11. The first-order chi connectivity index (χ1) is 9.06. The highest BCUT2D eigenvalue weighted by molar-refractivity contribution is 5.92. The molecule has 0 fully saturated rings. The third kappa shape index (κ3) is 3.31. The number of nitrogens with zero attached hydrogens (tertiary/aromatic N) is 2. The molecule has 2 rings (SSSR count). The van der Waals surface area contributed by atoms with Gasteiger partial charge in [-0.25, -0.2) is 0 Å². The van der Waals surface area contributed by atoms with E-state index in [0.717, 1.165) is 11.3 Å². The molecule has 0 radical (unpaired) electrons. The third-order valence-corrected chi connectivity index (χ3v) is 2.58. The number of benzene rings is 1. The van der Waals surface area contributed by atoms with Crippen molar-refractivity contribution in [2.45, 2.75) is 6.92 Å². The van der Waals surface area contributed by atoms with Crippen molar-refractivity contribution < 1.29 is 9.53 Å². The highest BCUT2D eigenvalue weighted by Gasteiger charge is 2.10. The molecule has 1 aromatic heterocycles. The number of pyridine rings is 1. The van der Waals surface area contributed by atoms with E-state index in [1.54, 1.807) is 32.4 Å². The minimum atomic E-state index is -0.144. The second kappa shape index (κ2) is 5.52. The molecule has 0 unspecified atom stereocenters. The summed E-state index contributed by atoms with van der Waals surface area (Å²) >= 11 is 0. The fourth-order valence-corrected chi connectivity index (χ4v) is 1.64. The summed E-state index contributed by atoms with van der Waals surface area (Å²) in [4.78, 5) is 17.3. The van der Waals surface area contributed by atoms with E-state index < -0.39 is 0 Å². The maximum absolute atomic E-state index is 11.8. The molecule has 1 aromatic carbocycles. The Morgan fingerprint density at radius 3 is 2.58 bits per heavy atom. The van der Waals surface area contributed by atoms with Gasteiger partial charge in [-0.15, -0.1) is 0 Å². The summed E-state index contributed by atoms with van der Waals surface area (Å²) in [6, 6.07) is 11.1. The van der Waals surface area contributed by atoms with E-state index in [1.807, 2.05) is 31.2 Å². The van der Waals surface area contributed by atoms with Crippen LogP contribution in [0.1, 0.15) is 16.1 Å². The minimum absolute atomic E-state index is 0.144. The highest BCUT2D eigenvalue weighted by Crippen LogP contribution is 2.22. The second-order valence-electron chi connectivity index (χ2n) is 4.49. The Balaban J connectivity index is 2.22. The van der Waals surface area contributed by atoms with Crippen LogP contribution in [0.4, 0.5) is 0 Å². The van der Waals surface area contributed by atoms with Crippen molar-refractivity contribution in [3.8, 4) is 11.5 Å². The van der Waals surface area contributed by atoms with Gasteiger partial charge in [0.2, 0.25) is 0 Å². The molecule has 1 amide bonds. The number of aromatic nitrogens is 1. The lowest BCUT2D eigenvalue weighted by molar-refractivity contribution is 0.0821. The van der Waals surface area contributed by atoms with Gasteiger partial charge in [0.05, 0.1) is 0 Å². The molecule has 4 heteroatoms. The van der Waals surface area contributed by atoms with Crippen LogP contribution in [-0.2, 0) is 0 Å². The summed E-state index contributed by atoms with van der Waals surface area (Å²) in [6.45, 7) is 2.00. The minimum Gasteiger partial charge on any atom is -0.457 e. The van der Waals surface area contributed by atoms with E-state index >= 15 is 0 Å². The van der Waals surface area contributed by atoms with Crippen molar-refractivity contribution >= 4 is 5.91 Å². The number of carbonyl (C=O) groups is 1. The average Bonchev–Trinajstić information content (AvgIpc) is 2.38. The molecule has 0 aliphatic heterocycles. The Hall–Kier alpha value is -2.36. The molecule has 0 atom stereocenters. The van der Waals surface area contributed by atoms with Gasteiger partial charge in [-0.05, 0) is 30.7 Å². The van der Waals surface area contributed by atoms with Gasteiger partial charge in [0.1, 0.15) is 17.2 Å². The summed E-state index contributed by atoms with van der Waals surface area (Å²) in [5.41, 5.74) is 1.49. The Morgan fingerprint density at radius 1 is 1.16 bits per heavy atom. The van der Waals surface area contributed by atoms with Gasteiger partial charge in [0.25, 0.3) is 5.91 Å². The maximum atomic E-state index is 11.8. The summed E-state index contributed by atoms with van der Waals surface area (Å²) in [5.74, 6) is 1.20. The normalized spacial score (nSPS) is 10.1. The van der Waals surface area contributed by atoms with Crippen LogP contribution in [0.5, 0.6) is 11.5 Å². The zero-order valence-electron chi connectivity index (χ0n) is 11.3. The summed E-state index contributed by atoms with van der Waals surface area (Å²) in [7, 11) is 3.39. The monoisotopic (exact) mass is 256 g/mol. The van der Waals surface area contributed by atoms with Crippen molar-refractivity contribution in [2.24, 2.45) is 0 Å². The number of carbonyl (C=O) groups excluding carboxylic acids is 1. The molecule has 19 heavy (non-hydrogen) atoms. The summed E-state index contributed by atoms with van der Waals surface area (Å²) < 4.78 is 5.72. The SMILES string of the molecule is Cc1cccc(Oc2ccnc(C(=O)N(C)C)c2)c1. The van der Waals surface area contributed by atoms with E-state index in [1.165, 1.54) is 4.90 Å². The van der Waals surface area contributed by atoms with E-state index in [-0.39, 0.29) is 5.91 Å². The van der Waals surface area contributed by atoms with Crippen molar-refractivity contribution in [1.29, 1.82) is 0 Å². The highest BCUT2D eigenvalue weighted by atomic mass is 16.5. The summed E-state index contributed by atoms with van der Waals surface area (Å²) in [5, 5.41) is 0. The van der Waals surface area contributed by atoms with E-state index in [9.17, 15) is 4.79 Å². The van der Waals surface area contributed by atoms with E-state index in [2.05, 4.69) is 4.98 Å². The lowest BCUT2D eigenvalue weighted by atomic mass is 10.2. The standard InChI is InChI=1S/C15H16N2O2/c1-11-5-4-6-12(9-11)19-13-7-8-16-14(10-13)15(18)17(2)3/h4-10H,1-3H3. The van der Waals surface area contributed by atoms with Gasteiger partial charge in [0.15, 0.2) is 0 Å². The van der Waals surface area contributed by atoms with Gasteiger partial charge in [-0.3, -0.25) is 9.78 Å². The number of rotatable bonds is 3. The average molecular weight is 256 g/mol. The second-order valence-corrected chi connectivity index (χ2v) is 4.49. The molecule has 2 aromatic rings. The molecule has 0 saturated carbocycles. The smallest absolute Gasteiger partial charge is 0.272 e. The van der Waals surface area contributed by atoms with E-state index in [0.29, 0.717) is 11.4 Å². The number of hydrogen-bond acceptors (Lipinski definition) is 3. The van der Waals surface area contributed by atoms with Crippen LogP contribution >= 0.6 is 0 Å². The quantitative estimate of drug-likeness (QED) is 0.848. The van der Waals surface area contributed by atoms with Crippen LogP contribution in [0.25, 0.3) is 0 Å². The third-order valence-electron chi connectivity index (χ3n) is 2.58. The first-order valence-corrected chi connectivity index (χ1v) is 5.98. The van der Waals surface area contributed by atoms with Crippen molar-refractivity contribution in [3.05, 3.63) is 53.9 Å². The Kier molecular flexibility index (Phi) is 3.80. The van der Waals surface area contributed by atoms with Crippen molar-refractivity contribution in [2.75, 3.05) is 14.1 Å². The molecule has 0 aliphatic rings. The van der Waals surface area contributed by atoms with Crippen LogP contribution < -0.4 is 4.74 Å². The number of hydrogen-bond donors (Lipinski definition) is 0. The zero-order chi connectivity index (χ0) is 13.8. The number of ether oxygens (including phenoxy) is 1. The fourth-order valence-electron chi connectivity index (χ4n) is 1.64. The Labute approximate surface area is 112 Å². The van der Waals surface area contributed by atoms with Gasteiger partial charge in [-0.1, -0.05) is 12.1 Å². The predicted molar refractivity (Wildman–Crippen MR) is 73.5 cm³/mol. The molecule has 0 spiro atoms. The van der Waals surface area contributed by atoms with Crippen LogP contribution in [0, 0.1) is 6.92 Å². The Morgan fingerprint density at radius 2 is 1.89 bits per heavy atom. The number of amides is 1. The molecule has 0 N–H and O–H groups in total. The van der Waals surface area contributed by atoms with Crippen LogP contribution in [0.15, 0.2) is 42.6 Å². The van der Waals surface area contributed by atoms with Gasteiger partial charge < -0.3 is 9.64 Å². The lowest BCUT2D eigenvalue weighted by Crippen LogP contribution is -2.22. The topological polar surface area (TPSA) is 42.4 Å². The van der Waals surface area contributed by atoms with E-state index in [4.69, 9.17) is 4.74 Å². The number of aryl methyl sites for hydroxylation is 1. The molecule has 4 nitrogen and oxygen atoms in total. The van der Waals surface area contributed by atoms with Crippen molar-refractivity contribution in [3.63, 3.8) is 0 Å². The molecule has 0 aliphatic carbocycles. The molecular formula is C15H16N2O2. The largest absolute Gasteiger partial charge is 0.457 e. The van der Waals surface area contributed by atoms with Gasteiger partial charge >= 0.3 is 0 Å². The van der Waals surface area contributed by atoms with Crippen LogP contribution in [0.3, 0.4) is 0 Å². The first kappa shape index (κ1) is 13.1. The maximum Gasteiger partial charge on any atom is 0.272 e. The molecule has 0 bridgehead atoms. The molecule has 0 saturated heterocycles. The van der Waals surface area contributed by atoms with Crippen LogP contribution in [0.2, 0.25) is 0 Å². The molecule has 1 heterocycles. The molecule has 98 valence electrons. The predicted octanol–water partition coefficient (Wildman–Crippen LogP) is 2.88. The van der Waals surface area contributed by atoms with Crippen molar-refractivity contribution in [1.82, 2.24) is 9.88 Å².